The third-order valence-electron chi connectivity index (χ3n) is 5.34. The summed E-state index contributed by atoms with van der Waals surface area (Å²) in [6.07, 6.45) is 2.66. The average Bonchev–Trinajstić information content (AvgIpc) is 2.61. The highest BCUT2D eigenvalue weighted by atomic mass is 16.3. The highest BCUT2D eigenvalue weighted by Crippen LogP contribution is 2.51. The molecule has 126 valence electrons. The summed E-state index contributed by atoms with van der Waals surface area (Å²) >= 11 is 0. The maximum Gasteiger partial charge on any atom is 0.120 e. The lowest BCUT2D eigenvalue weighted by Gasteiger charge is -2.47. The van der Waals surface area contributed by atoms with Crippen molar-refractivity contribution in [2.75, 3.05) is 12.4 Å². The number of phenolic OH excluding ortho intramolecular Hbond substituents is 1. The monoisotopic (exact) mass is 331 g/mol. The quantitative estimate of drug-likeness (QED) is 0.819. The van der Waals surface area contributed by atoms with E-state index in [1.165, 1.54) is 11.1 Å². The van der Waals surface area contributed by atoms with Crippen LogP contribution in [0.3, 0.4) is 0 Å². The molecule has 0 aliphatic carbocycles. The van der Waals surface area contributed by atoms with Crippen LogP contribution in [-0.2, 0) is 0 Å². The van der Waals surface area contributed by atoms with Crippen LogP contribution >= 0.6 is 0 Å². The van der Waals surface area contributed by atoms with E-state index in [1.807, 2.05) is 31.4 Å². The zero-order valence-corrected chi connectivity index (χ0v) is 14.4. The molecule has 2 aliphatic rings. The van der Waals surface area contributed by atoms with Crippen molar-refractivity contribution in [3.05, 3.63) is 70.9 Å². The van der Waals surface area contributed by atoms with Crippen molar-refractivity contribution in [1.82, 2.24) is 4.90 Å². The Labute approximate surface area is 148 Å². The van der Waals surface area contributed by atoms with Crippen molar-refractivity contribution in [2.24, 2.45) is 5.92 Å². The Balaban J connectivity index is 1.88. The minimum Gasteiger partial charge on any atom is -0.508 e. The molecule has 0 unspecified atom stereocenters. The predicted molar refractivity (Wildman–Crippen MR) is 98.0 cm³/mol. The van der Waals surface area contributed by atoms with Gasteiger partial charge in [-0.3, -0.25) is 0 Å². The molecule has 2 heterocycles. The van der Waals surface area contributed by atoms with Gasteiger partial charge >= 0.3 is 0 Å². The van der Waals surface area contributed by atoms with Crippen LogP contribution in [-0.4, -0.2) is 17.1 Å². The Morgan fingerprint density at radius 1 is 1.20 bits per heavy atom. The molecule has 0 saturated carbocycles. The molecule has 0 spiro atoms. The first-order valence-electron chi connectivity index (χ1n) is 8.56. The highest BCUT2D eigenvalue weighted by Gasteiger charge is 2.42. The summed E-state index contributed by atoms with van der Waals surface area (Å²) in [6.45, 7) is 2.10. The number of nitriles is 1. The van der Waals surface area contributed by atoms with Crippen molar-refractivity contribution in [3.8, 4) is 11.8 Å². The van der Waals surface area contributed by atoms with Gasteiger partial charge in [-0.05, 0) is 31.0 Å². The van der Waals surface area contributed by atoms with Gasteiger partial charge in [-0.15, -0.1) is 0 Å². The highest BCUT2D eigenvalue weighted by molar-refractivity contribution is 5.60. The topological polar surface area (TPSA) is 59.3 Å². The first-order chi connectivity index (χ1) is 12.1. The van der Waals surface area contributed by atoms with Crippen LogP contribution in [0.1, 0.15) is 35.2 Å². The molecule has 0 aromatic heterocycles. The summed E-state index contributed by atoms with van der Waals surface area (Å²) in [4.78, 5) is 2.15. The van der Waals surface area contributed by atoms with Gasteiger partial charge in [0.1, 0.15) is 5.75 Å². The van der Waals surface area contributed by atoms with Gasteiger partial charge in [0.2, 0.25) is 0 Å². The Kier molecular flexibility index (Phi) is 3.65. The van der Waals surface area contributed by atoms with Gasteiger partial charge in [0.15, 0.2) is 0 Å². The Hall–Kier alpha value is -2.93. The molecule has 0 radical (unpaired) electrons. The molecule has 2 N–H and O–H groups in total. The van der Waals surface area contributed by atoms with Gasteiger partial charge in [-0.2, -0.15) is 5.26 Å². The van der Waals surface area contributed by atoms with E-state index in [-0.39, 0.29) is 18.0 Å². The van der Waals surface area contributed by atoms with E-state index in [9.17, 15) is 10.4 Å². The van der Waals surface area contributed by atoms with Crippen molar-refractivity contribution in [1.29, 1.82) is 5.26 Å². The van der Waals surface area contributed by atoms with E-state index >= 15 is 0 Å². The molecule has 0 amide bonds. The number of nitrogens with zero attached hydrogens (tertiary/aromatic N) is 2. The van der Waals surface area contributed by atoms with Crippen molar-refractivity contribution < 1.29 is 5.11 Å². The first kappa shape index (κ1) is 15.6. The molecule has 2 aromatic rings. The molecule has 25 heavy (non-hydrogen) atoms. The second-order valence-corrected chi connectivity index (χ2v) is 7.02. The third-order valence-corrected chi connectivity index (χ3v) is 5.34. The summed E-state index contributed by atoms with van der Waals surface area (Å²) in [7, 11) is 2.04. The van der Waals surface area contributed by atoms with Crippen LogP contribution in [0.2, 0.25) is 0 Å². The summed E-state index contributed by atoms with van der Waals surface area (Å²) in [5.41, 5.74) is 5.25. The van der Waals surface area contributed by atoms with Crippen LogP contribution in [0.4, 0.5) is 5.69 Å². The second kappa shape index (κ2) is 5.86. The Morgan fingerprint density at radius 2 is 2.00 bits per heavy atom. The first-order valence-corrected chi connectivity index (χ1v) is 8.56. The van der Waals surface area contributed by atoms with Gasteiger partial charge in [0, 0.05) is 36.0 Å². The lowest BCUT2D eigenvalue weighted by atomic mass is 9.74. The predicted octanol–water partition coefficient (Wildman–Crippen LogP) is 4.27. The minimum absolute atomic E-state index is 0.0408. The number of anilines is 1. The number of para-hydroxylation sites is 1. The van der Waals surface area contributed by atoms with Crippen LogP contribution < -0.4 is 5.32 Å². The number of hydrogen-bond acceptors (Lipinski definition) is 4. The lowest BCUT2D eigenvalue weighted by molar-refractivity contribution is 0.186. The number of aromatic hydroxyl groups is 1. The molecule has 4 rings (SSSR count). The molecular weight excluding hydrogens is 310 g/mol. The second-order valence-electron chi connectivity index (χ2n) is 7.02. The number of rotatable bonds is 1. The number of phenols is 1. The van der Waals surface area contributed by atoms with Crippen LogP contribution in [0, 0.1) is 24.2 Å². The molecule has 4 nitrogen and oxygen atoms in total. The maximum absolute atomic E-state index is 10.4. The standard InChI is InChI=1S/C21H21N3O/c1-13-7-8-18-16(9-13)21-17(10-14(11-22)12-24(21)2)20(23-18)15-5-3-4-6-19(15)25/h3-9,12,17,20-21,23,25H,10H2,1-2H3/t17-,20+,21+/m0/s1. The maximum atomic E-state index is 10.4. The summed E-state index contributed by atoms with van der Waals surface area (Å²) < 4.78 is 0. The summed E-state index contributed by atoms with van der Waals surface area (Å²) in [5.74, 6) is 0.470. The zero-order chi connectivity index (χ0) is 17.6. The van der Waals surface area contributed by atoms with Gasteiger partial charge < -0.3 is 15.3 Å². The van der Waals surface area contributed by atoms with Crippen LogP contribution in [0.25, 0.3) is 0 Å². The largest absolute Gasteiger partial charge is 0.508 e. The van der Waals surface area contributed by atoms with Gasteiger partial charge in [0.05, 0.1) is 18.2 Å². The number of fused-ring (bicyclic) bond motifs is 3. The molecule has 4 heteroatoms. The van der Waals surface area contributed by atoms with Crippen LogP contribution in [0.5, 0.6) is 5.75 Å². The minimum atomic E-state index is -0.0408. The van der Waals surface area contributed by atoms with E-state index < -0.39 is 0 Å². The van der Waals surface area contributed by atoms with Crippen LogP contribution in [0.15, 0.2) is 54.2 Å². The smallest absolute Gasteiger partial charge is 0.120 e. The summed E-state index contributed by atoms with van der Waals surface area (Å²) in [5, 5.41) is 23.5. The molecule has 2 aromatic carbocycles. The van der Waals surface area contributed by atoms with E-state index in [0.29, 0.717) is 12.2 Å². The normalized spacial score (nSPS) is 24.4. The molecular formula is C21H21N3O. The SMILES string of the molecule is Cc1ccc2c(c1)[C@@H]1[C@@H](CC(C#N)=CN1C)[C@@H](c1ccccc1O)N2. The van der Waals surface area contributed by atoms with Gasteiger partial charge in [0.25, 0.3) is 0 Å². The average molecular weight is 331 g/mol. The van der Waals surface area contributed by atoms with E-state index in [1.54, 1.807) is 6.07 Å². The number of allylic oxidation sites excluding steroid dienone is 1. The number of benzene rings is 2. The third kappa shape index (κ3) is 2.53. The zero-order valence-electron chi connectivity index (χ0n) is 14.4. The molecule has 2 aliphatic heterocycles. The fourth-order valence-electron chi connectivity index (χ4n) is 4.26. The molecule has 3 atom stereocenters. The lowest BCUT2D eigenvalue weighted by Crippen LogP contribution is -2.40. The number of nitrogens with one attached hydrogen (secondary N) is 1. The fourth-order valence-corrected chi connectivity index (χ4v) is 4.26. The fraction of sp³-hybridized carbons (Fsp3) is 0.286. The Bertz CT molecular complexity index is 896. The number of aryl methyl sites for hydroxylation is 1. The van der Waals surface area contributed by atoms with E-state index in [0.717, 1.165) is 16.8 Å². The Morgan fingerprint density at radius 3 is 2.76 bits per heavy atom. The molecule has 0 saturated heterocycles. The molecule has 0 fully saturated rings. The summed E-state index contributed by atoms with van der Waals surface area (Å²) in [6, 6.07) is 16.4. The molecule has 0 bridgehead atoms. The van der Waals surface area contributed by atoms with Gasteiger partial charge in [-0.25, -0.2) is 0 Å². The van der Waals surface area contributed by atoms with Crippen molar-refractivity contribution >= 4 is 5.69 Å². The number of hydrogen-bond donors (Lipinski definition) is 2. The van der Waals surface area contributed by atoms with E-state index in [4.69, 9.17) is 0 Å². The van der Waals surface area contributed by atoms with Crippen molar-refractivity contribution in [3.63, 3.8) is 0 Å². The van der Waals surface area contributed by atoms with Crippen molar-refractivity contribution in [2.45, 2.75) is 25.4 Å². The van der Waals surface area contributed by atoms with E-state index in [2.05, 4.69) is 41.4 Å². The van der Waals surface area contributed by atoms with Gasteiger partial charge in [-0.1, -0.05) is 35.9 Å².